The van der Waals surface area contributed by atoms with Crippen LogP contribution in [0.2, 0.25) is 0 Å². The molecule has 0 saturated heterocycles. The minimum atomic E-state index is 0.0801. The number of hydrogen-bond acceptors (Lipinski definition) is 4. The normalized spacial score (nSPS) is 13.4. The van der Waals surface area contributed by atoms with Crippen LogP contribution >= 0.6 is 0 Å². The lowest BCUT2D eigenvalue weighted by Crippen LogP contribution is -2.27. The van der Waals surface area contributed by atoms with Gasteiger partial charge in [0.2, 0.25) is 0 Å². The first-order chi connectivity index (χ1) is 8.27. The van der Waals surface area contributed by atoms with E-state index in [4.69, 9.17) is 0 Å². The highest BCUT2D eigenvalue weighted by Gasteiger charge is 2.03. The Kier molecular flexibility index (Phi) is 7.01. The number of hydrogen-bond donors (Lipinski definition) is 2. The second-order valence-electron chi connectivity index (χ2n) is 4.47. The van der Waals surface area contributed by atoms with Crippen LogP contribution in [0.1, 0.15) is 41.5 Å². The molecule has 0 bridgehead atoms. The second-order valence-corrected chi connectivity index (χ2v) is 4.47. The van der Waals surface area contributed by atoms with Crippen LogP contribution in [-0.2, 0) is 9.59 Å². The molecule has 0 aromatic rings. The van der Waals surface area contributed by atoms with E-state index in [1.807, 2.05) is 27.7 Å². The fourth-order valence-electron chi connectivity index (χ4n) is 1.29. The average molecular weight is 252 g/mol. The van der Waals surface area contributed by atoms with Gasteiger partial charge in [-0.2, -0.15) is 0 Å². The van der Waals surface area contributed by atoms with Crippen molar-refractivity contribution in [2.75, 3.05) is 13.1 Å². The van der Waals surface area contributed by atoms with Crippen molar-refractivity contribution in [3.05, 3.63) is 22.5 Å². The summed E-state index contributed by atoms with van der Waals surface area (Å²) < 4.78 is 0. The Morgan fingerprint density at radius 1 is 0.667 bits per heavy atom. The molecule has 0 aliphatic heterocycles. The van der Waals surface area contributed by atoms with Gasteiger partial charge in [-0.1, -0.05) is 0 Å². The van der Waals surface area contributed by atoms with E-state index in [9.17, 15) is 9.59 Å². The zero-order chi connectivity index (χ0) is 14.3. The Bertz CT molecular complexity index is 355. The van der Waals surface area contributed by atoms with Crippen molar-refractivity contribution in [3.63, 3.8) is 0 Å². The number of ketones is 2. The SMILES string of the molecule is CC(=O)C(C)=C(C)NCCN/C(C)=C(/C)C(C)=O. The molecule has 0 atom stereocenters. The third-order valence-corrected chi connectivity index (χ3v) is 3.09. The minimum absolute atomic E-state index is 0.0801. The maximum Gasteiger partial charge on any atom is 0.157 e. The van der Waals surface area contributed by atoms with Gasteiger partial charge in [-0.3, -0.25) is 9.59 Å². The Balaban J connectivity index is 4.17. The molecule has 4 heteroatoms. The first-order valence-corrected chi connectivity index (χ1v) is 6.12. The second kappa shape index (κ2) is 7.69. The molecule has 0 spiro atoms. The van der Waals surface area contributed by atoms with Crippen molar-refractivity contribution in [3.8, 4) is 0 Å². The highest BCUT2D eigenvalue weighted by atomic mass is 16.1. The first-order valence-electron chi connectivity index (χ1n) is 6.12. The number of rotatable bonds is 7. The van der Waals surface area contributed by atoms with E-state index >= 15 is 0 Å². The predicted molar refractivity (Wildman–Crippen MR) is 74.1 cm³/mol. The number of carbonyl (C=O) groups is 2. The maximum absolute atomic E-state index is 11.1. The van der Waals surface area contributed by atoms with Crippen molar-refractivity contribution < 1.29 is 9.59 Å². The smallest absolute Gasteiger partial charge is 0.157 e. The van der Waals surface area contributed by atoms with Crippen LogP contribution in [0.25, 0.3) is 0 Å². The molecular formula is C14H24N2O2. The van der Waals surface area contributed by atoms with Crippen LogP contribution in [-0.4, -0.2) is 24.7 Å². The van der Waals surface area contributed by atoms with Crippen molar-refractivity contribution in [1.29, 1.82) is 0 Å². The van der Waals surface area contributed by atoms with Gasteiger partial charge in [0.05, 0.1) is 0 Å². The van der Waals surface area contributed by atoms with Crippen LogP contribution < -0.4 is 10.6 Å². The van der Waals surface area contributed by atoms with Crippen molar-refractivity contribution in [2.24, 2.45) is 0 Å². The molecule has 0 amide bonds. The molecule has 0 aliphatic carbocycles. The highest BCUT2D eigenvalue weighted by Crippen LogP contribution is 2.01. The van der Waals surface area contributed by atoms with Crippen molar-refractivity contribution in [2.45, 2.75) is 41.5 Å². The molecule has 0 heterocycles. The third kappa shape index (κ3) is 5.66. The van der Waals surface area contributed by atoms with E-state index in [1.165, 1.54) is 0 Å². The molecule has 0 fully saturated rings. The van der Waals surface area contributed by atoms with Crippen LogP contribution in [0.15, 0.2) is 22.5 Å². The highest BCUT2D eigenvalue weighted by molar-refractivity contribution is 5.93. The Hall–Kier alpha value is -1.58. The van der Waals surface area contributed by atoms with Gasteiger partial charge < -0.3 is 10.6 Å². The molecule has 18 heavy (non-hydrogen) atoms. The molecule has 2 N–H and O–H groups in total. The summed E-state index contributed by atoms with van der Waals surface area (Å²) in [5.41, 5.74) is 3.30. The van der Waals surface area contributed by atoms with Gasteiger partial charge >= 0.3 is 0 Å². The first kappa shape index (κ1) is 16.4. The molecule has 102 valence electrons. The van der Waals surface area contributed by atoms with Gasteiger partial charge in [-0.25, -0.2) is 0 Å². The summed E-state index contributed by atoms with van der Waals surface area (Å²) in [6.07, 6.45) is 0. The number of carbonyl (C=O) groups excluding carboxylic acids is 2. The minimum Gasteiger partial charge on any atom is -0.386 e. The molecule has 0 rings (SSSR count). The maximum atomic E-state index is 11.1. The Morgan fingerprint density at radius 3 is 1.17 bits per heavy atom. The molecule has 0 unspecified atom stereocenters. The van der Waals surface area contributed by atoms with Gasteiger partial charge in [0, 0.05) is 35.6 Å². The van der Waals surface area contributed by atoms with E-state index in [0.29, 0.717) is 13.1 Å². The summed E-state index contributed by atoms with van der Waals surface area (Å²) >= 11 is 0. The summed E-state index contributed by atoms with van der Waals surface area (Å²) in [4.78, 5) is 22.3. The Labute approximate surface area is 110 Å². The standard InChI is InChI=1S/C14H24N2O2/c1-9(13(5)17)11(3)15-7-8-16-12(4)10(2)14(6)18/h15-16H,7-8H2,1-6H3/b11-9-,12-10?. The summed E-state index contributed by atoms with van der Waals surface area (Å²) in [7, 11) is 0. The molecule has 4 nitrogen and oxygen atoms in total. The molecular weight excluding hydrogens is 228 g/mol. The zero-order valence-corrected chi connectivity index (χ0v) is 12.2. The largest absolute Gasteiger partial charge is 0.386 e. The van der Waals surface area contributed by atoms with Crippen LogP contribution in [0.3, 0.4) is 0 Å². The van der Waals surface area contributed by atoms with Crippen LogP contribution in [0.5, 0.6) is 0 Å². The summed E-state index contributed by atoms with van der Waals surface area (Å²) in [5.74, 6) is 0.160. The van der Waals surface area contributed by atoms with E-state index < -0.39 is 0 Å². The lowest BCUT2D eigenvalue weighted by Gasteiger charge is -2.12. The molecule has 0 aromatic heterocycles. The quantitative estimate of drug-likeness (QED) is 0.537. The average Bonchev–Trinajstić information content (AvgIpc) is 2.31. The monoisotopic (exact) mass is 252 g/mol. The lowest BCUT2D eigenvalue weighted by atomic mass is 10.1. The van der Waals surface area contributed by atoms with E-state index in [1.54, 1.807) is 13.8 Å². The zero-order valence-electron chi connectivity index (χ0n) is 12.2. The Morgan fingerprint density at radius 2 is 0.944 bits per heavy atom. The van der Waals surface area contributed by atoms with Gasteiger partial charge in [0.1, 0.15) is 0 Å². The van der Waals surface area contributed by atoms with Crippen molar-refractivity contribution >= 4 is 11.6 Å². The van der Waals surface area contributed by atoms with Crippen LogP contribution in [0, 0.1) is 0 Å². The third-order valence-electron chi connectivity index (χ3n) is 3.09. The summed E-state index contributed by atoms with van der Waals surface area (Å²) in [6.45, 7) is 11.9. The summed E-state index contributed by atoms with van der Waals surface area (Å²) in [6, 6.07) is 0. The lowest BCUT2D eigenvalue weighted by molar-refractivity contribution is -0.114. The fraction of sp³-hybridized carbons (Fsp3) is 0.571. The van der Waals surface area contributed by atoms with Gasteiger partial charge in [0.25, 0.3) is 0 Å². The molecule has 0 saturated carbocycles. The number of nitrogens with one attached hydrogen (secondary N) is 2. The van der Waals surface area contributed by atoms with Gasteiger partial charge in [0.15, 0.2) is 11.6 Å². The fourth-order valence-corrected chi connectivity index (χ4v) is 1.29. The van der Waals surface area contributed by atoms with E-state index in [2.05, 4.69) is 10.6 Å². The predicted octanol–water partition coefficient (Wildman–Crippen LogP) is 1.93. The van der Waals surface area contributed by atoms with Gasteiger partial charge in [-0.05, 0) is 41.5 Å². The molecule has 0 aliphatic rings. The van der Waals surface area contributed by atoms with Crippen LogP contribution in [0.4, 0.5) is 0 Å². The van der Waals surface area contributed by atoms with E-state index in [-0.39, 0.29) is 11.6 Å². The molecule has 0 aromatic carbocycles. The van der Waals surface area contributed by atoms with Gasteiger partial charge in [-0.15, -0.1) is 0 Å². The van der Waals surface area contributed by atoms with Crippen molar-refractivity contribution in [1.82, 2.24) is 10.6 Å². The molecule has 0 radical (unpaired) electrons. The number of Topliss-reactive ketones (excluding diaryl/α,β-unsaturated/α-hetero) is 2. The topological polar surface area (TPSA) is 58.2 Å². The summed E-state index contributed by atoms with van der Waals surface area (Å²) in [5, 5.41) is 6.35. The van der Waals surface area contributed by atoms with E-state index in [0.717, 1.165) is 22.5 Å². The number of allylic oxidation sites excluding steroid dienone is 4.